The van der Waals surface area contributed by atoms with Gasteiger partial charge in [0.1, 0.15) is 23.7 Å². The van der Waals surface area contributed by atoms with Crippen LogP contribution in [0.1, 0.15) is 65.1 Å². The fourth-order valence-corrected chi connectivity index (χ4v) is 9.54. The molecule has 3 aliphatic rings. The Morgan fingerprint density at radius 1 is 0.803 bits per heavy atom. The van der Waals surface area contributed by atoms with E-state index in [9.17, 15) is 46.2 Å². The van der Waals surface area contributed by atoms with Gasteiger partial charge in [-0.25, -0.2) is 38.0 Å². The Morgan fingerprint density at radius 3 is 1.88 bits per heavy atom. The first-order valence-corrected chi connectivity index (χ1v) is 24.4. The van der Waals surface area contributed by atoms with Crippen LogP contribution >= 0.6 is 0 Å². The zero-order chi connectivity index (χ0) is 55.4. The fraction of sp³-hybridized carbons (Fsp3) is 0.540. The van der Waals surface area contributed by atoms with Crippen LogP contribution in [0.3, 0.4) is 0 Å². The van der Waals surface area contributed by atoms with E-state index in [1.54, 1.807) is 57.4 Å². The number of hydrogen-bond donors (Lipinski definition) is 5. The summed E-state index contributed by atoms with van der Waals surface area (Å²) < 4.78 is 117. The molecule has 2 aromatic carbocycles. The quantitative estimate of drug-likeness (QED) is 0.0560. The molecule has 0 aliphatic carbocycles. The predicted molar refractivity (Wildman–Crippen MR) is 260 cm³/mol. The van der Waals surface area contributed by atoms with Gasteiger partial charge < -0.3 is 40.2 Å². The van der Waals surface area contributed by atoms with Crippen LogP contribution in [-0.4, -0.2) is 154 Å². The number of rotatable bonds is 19. The zero-order valence-electron chi connectivity index (χ0n) is 42.8. The van der Waals surface area contributed by atoms with Crippen LogP contribution in [0.4, 0.5) is 46.3 Å². The van der Waals surface area contributed by atoms with Crippen LogP contribution in [0.2, 0.25) is 0 Å². The monoisotopic (exact) mass is 1080 g/mol. The van der Waals surface area contributed by atoms with Gasteiger partial charge in [0.2, 0.25) is 11.9 Å². The summed E-state index contributed by atoms with van der Waals surface area (Å²) in [6.45, 7) is 4.41. The lowest BCUT2D eigenvalue weighted by Crippen LogP contribution is -2.63. The van der Waals surface area contributed by atoms with E-state index >= 15 is 8.78 Å². The first kappa shape index (κ1) is 57.1. The Hall–Kier alpha value is -6.64. The molecule has 3 saturated heterocycles. The van der Waals surface area contributed by atoms with Crippen molar-refractivity contribution in [3.63, 3.8) is 0 Å². The van der Waals surface area contributed by atoms with Crippen molar-refractivity contribution in [2.24, 2.45) is 10.8 Å². The van der Waals surface area contributed by atoms with Crippen molar-refractivity contribution in [3.05, 3.63) is 83.8 Å². The highest BCUT2D eigenvalue weighted by molar-refractivity contribution is 5.87. The van der Waals surface area contributed by atoms with Gasteiger partial charge in [0.25, 0.3) is 5.91 Å². The summed E-state index contributed by atoms with van der Waals surface area (Å²) in [6.07, 6.45) is -3.27. The molecule has 2 bridgehead atoms. The van der Waals surface area contributed by atoms with Gasteiger partial charge in [-0.2, -0.15) is 27.1 Å². The number of aliphatic hydroxyl groups excluding tert-OH is 1. The number of halogens is 7. The van der Waals surface area contributed by atoms with Crippen molar-refractivity contribution in [1.29, 1.82) is 0 Å². The highest BCUT2D eigenvalue weighted by Gasteiger charge is 2.56. The number of ether oxygens (including phenoxy) is 3. The average Bonchev–Trinajstić information content (AvgIpc) is 3.94. The average molecular weight is 1080 g/mol. The van der Waals surface area contributed by atoms with Gasteiger partial charge in [0.05, 0.1) is 56.7 Å². The van der Waals surface area contributed by atoms with E-state index in [2.05, 4.69) is 45.7 Å². The molecule has 5 N–H and O–H groups in total. The van der Waals surface area contributed by atoms with Crippen LogP contribution in [-0.2, 0) is 36.8 Å². The first-order valence-electron chi connectivity index (χ1n) is 24.4. The molecule has 3 aliphatic heterocycles. The van der Waals surface area contributed by atoms with E-state index in [0.29, 0.717) is 54.6 Å². The van der Waals surface area contributed by atoms with E-state index in [0.717, 1.165) is 82.8 Å². The van der Waals surface area contributed by atoms with Crippen molar-refractivity contribution in [3.8, 4) is 22.4 Å². The molecule has 6 atom stereocenters. The lowest BCUT2D eigenvalue weighted by molar-refractivity contribution is -0.220. The largest absolute Gasteiger partial charge is 0.453 e. The second kappa shape index (κ2) is 23.3. The third-order valence-corrected chi connectivity index (χ3v) is 14.0. The highest BCUT2D eigenvalue weighted by Crippen LogP contribution is 2.41. The number of aliphatic hydroxyl groups is 1. The van der Waals surface area contributed by atoms with Crippen molar-refractivity contribution in [1.82, 2.24) is 51.0 Å². The van der Waals surface area contributed by atoms with E-state index in [4.69, 9.17) is 9.47 Å². The Bertz CT molecular complexity index is 2650. The minimum atomic E-state index is -5.09. The van der Waals surface area contributed by atoms with Gasteiger partial charge in [0, 0.05) is 73.5 Å². The van der Waals surface area contributed by atoms with Crippen molar-refractivity contribution < 1.29 is 69.2 Å². The minimum absolute atomic E-state index is 0.204. The zero-order valence-corrected chi connectivity index (χ0v) is 42.8. The number of nitrogens with one attached hydrogen (secondary N) is 4. The van der Waals surface area contributed by atoms with Crippen molar-refractivity contribution >= 4 is 29.9 Å². The smallest absolute Gasteiger partial charge is 0.407 e. The number of aromatic nitrogens is 4. The number of fused-ring (bicyclic) bond motifs is 2. The summed E-state index contributed by atoms with van der Waals surface area (Å²) in [5.74, 6) is -4.28. The van der Waals surface area contributed by atoms with Crippen LogP contribution in [0.5, 0.6) is 0 Å². The highest BCUT2D eigenvalue weighted by atomic mass is 19.4. The lowest BCUT2D eigenvalue weighted by Gasteiger charge is -2.47. The van der Waals surface area contributed by atoms with E-state index in [1.807, 2.05) is 5.32 Å². The number of benzene rings is 2. The molecule has 4 amide bonds. The Labute approximate surface area is 433 Å². The second-order valence-corrected chi connectivity index (χ2v) is 20.7. The number of hydrazine groups is 1. The third-order valence-electron chi connectivity index (χ3n) is 14.0. The lowest BCUT2D eigenvalue weighted by atomic mass is 9.82. The van der Waals surface area contributed by atoms with Gasteiger partial charge in [-0.05, 0) is 67.9 Å². The van der Waals surface area contributed by atoms with E-state index in [1.165, 1.54) is 0 Å². The summed E-state index contributed by atoms with van der Waals surface area (Å²) in [5, 5.41) is 23.4. The molecule has 0 radical (unpaired) electrons. The standard InChI is InChI=1S/C50H62F7N11O8/c1-48(2,3)40(61-46(72)74-6)43(71)64-66(23-34-35(51)17-29(18-36(34)52)37-14-15-67(63-37)44(53)54)24-39(69)38(60-42(70)41(62-47(73)75-7)49(4,5)50(55,56)57)16-27-8-10-28(11-9-27)30-19-58-45(59-20-30)65-21-31-12-13-32(22-65)68(31)33-25-76-26-33/h8-11,14-15,17-20,31-33,38-41,44,69H,12-13,16,21-26H2,1-7H3,(H,60,70)(H,61,72)(H,62,73)(H,64,71)/t31?,32?,38-,39-,40+,41+/m0/s1. The van der Waals surface area contributed by atoms with Gasteiger partial charge in [-0.15, -0.1) is 0 Å². The van der Waals surface area contributed by atoms with Crippen LogP contribution in [0.25, 0.3) is 22.4 Å². The van der Waals surface area contributed by atoms with E-state index in [-0.39, 0.29) is 22.4 Å². The summed E-state index contributed by atoms with van der Waals surface area (Å²) in [5.41, 5.74) is -0.934. The number of hydrogen-bond acceptors (Lipinski definition) is 14. The number of amides is 4. The number of nitrogens with zero attached hydrogens (tertiary/aromatic N) is 7. The Kier molecular flexibility index (Phi) is 17.5. The maximum absolute atomic E-state index is 16.0. The Morgan fingerprint density at radius 2 is 1.38 bits per heavy atom. The third kappa shape index (κ3) is 13.1. The molecule has 76 heavy (non-hydrogen) atoms. The summed E-state index contributed by atoms with van der Waals surface area (Å²) in [6, 6.07) is 5.26. The number of alkyl halides is 5. The molecular weight excluding hydrogens is 1020 g/mol. The van der Waals surface area contributed by atoms with E-state index < -0.39 is 102 Å². The molecule has 19 nitrogen and oxygen atoms in total. The summed E-state index contributed by atoms with van der Waals surface area (Å²) in [7, 11) is 1.93. The molecule has 7 rings (SSSR count). The molecule has 3 fully saturated rings. The van der Waals surface area contributed by atoms with Crippen molar-refractivity contribution in [2.75, 3.05) is 52.0 Å². The minimum Gasteiger partial charge on any atom is -0.453 e. The van der Waals surface area contributed by atoms with Gasteiger partial charge >= 0.3 is 24.9 Å². The molecule has 26 heteroatoms. The van der Waals surface area contributed by atoms with Gasteiger partial charge in [0.15, 0.2) is 0 Å². The second-order valence-electron chi connectivity index (χ2n) is 20.7. The normalized spacial score (nSPS) is 18.9. The molecule has 4 aromatic rings. The first-order chi connectivity index (χ1) is 35.8. The molecule has 0 spiro atoms. The molecule has 2 unspecified atom stereocenters. The van der Waals surface area contributed by atoms with Gasteiger partial charge in [-0.1, -0.05) is 45.0 Å². The molecule has 5 heterocycles. The predicted octanol–water partition coefficient (Wildman–Crippen LogP) is 5.74. The molecule has 414 valence electrons. The summed E-state index contributed by atoms with van der Waals surface area (Å²) >= 11 is 0. The van der Waals surface area contributed by atoms with Crippen molar-refractivity contribution in [2.45, 2.75) is 116 Å². The van der Waals surface area contributed by atoms with Crippen LogP contribution in [0, 0.1) is 22.5 Å². The topological polar surface area (TPSA) is 218 Å². The maximum atomic E-state index is 16.0. The van der Waals surface area contributed by atoms with Gasteiger partial charge in [-0.3, -0.25) is 19.9 Å². The Balaban J connectivity index is 1.18. The summed E-state index contributed by atoms with van der Waals surface area (Å²) in [4.78, 5) is 67.1. The molecule has 0 saturated carbocycles. The number of piperazine rings is 1. The van der Waals surface area contributed by atoms with Crippen LogP contribution < -0.4 is 26.3 Å². The SMILES string of the molecule is COC(=O)N[C@H](C(=O)NN(Cc1c(F)cc(-c2ccn(C(F)F)n2)cc1F)C[C@H](O)[C@H](Cc1ccc(-c2cnc(N3CC4CCC(C3)N4C3COC3)nc2)cc1)NC(=O)[C@@H](NC(=O)OC)C(C)(C)C(F)(F)F)C(C)(C)C. The number of alkyl carbamates (subject to hydrolysis) is 2. The number of methoxy groups -OCH3 is 2. The molecule has 2 aromatic heterocycles. The number of carbonyl (C=O) groups excluding carboxylic acids is 4. The van der Waals surface area contributed by atoms with Crippen LogP contribution in [0.15, 0.2) is 61.1 Å². The maximum Gasteiger partial charge on any atom is 0.407 e. The molecular formula is C50H62F7N11O8. The fourth-order valence-electron chi connectivity index (χ4n) is 9.54. The number of anilines is 1. The number of carbonyl (C=O) groups is 4.